The standard InChI is InChI=1S/C15H22Cl2N2O2/c1-10(8-12-4-5-13(16)9-14(12)17)18-15(21)19(3)7-6-11(2)20/h4-5,9-11,20H,6-8H2,1-3H3,(H,18,21). The lowest BCUT2D eigenvalue weighted by atomic mass is 10.1. The van der Waals surface area contributed by atoms with Gasteiger partial charge >= 0.3 is 6.03 Å². The van der Waals surface area contributed by atoms with Crippen molar-refractivity contribution in [2.24, 2.45) is 0 Å². The van der Waals surface area contributed by atoms with Crippen LogP contribution in [0.25, 0.3) is 0 Å². The highest BCUT2D eigenvalue weighted by molar-refractivity contribution is 6.35. The molecule has 2 unspecified atom stereocenters. The number of hydrogen-bond acceptors (Lipinski definition) is 2. The van der Waals surface area contributed by atoms with Crippen molar-refractivity contribution in [3.63, 3.8) is 0 Å². The lowest BCUT2D eigenvalue weighted by molar-refractivity contribution is 0.162. The van der Waals surface area contributed by atoms with Gasteiger partial charge in [0.05, 0.1) is 6.10 Å². The Morgan fingerprint density at radius 2 is 2.05 bits per heavy atom. The number of carbonyl (C=O) groups is 1. The van der Waals surface area contributed by atoms with Crippen molar-refractivity contribution >= 4 is 29.2 Å². The van der Waals surface area contributed by atoms with E-state index in [0.717, 1.165) is 5.56 Å². The monoisotopic (exact) mass is 332 g/mol. The van der Waals surface area contributed by atoms with Crippen LogP contribution in [0.15, 0.2) is 18.2 Å². The van der Waals surface area contributed by atoms with Gasteiger partial charge in [-0.05, 0) is 44.4 Å². The van der Waals surface area contributed by atoms with Gasteiger partial charge in [-0.15, -0.1) is 0 Å². The topological polar surface area (TPSA) is 52.6 Å². The first-order chi connectivity index (χ1) is 9.79. The van der Waals surface area contributed by atoms with Crippen LogP contribution in [0.2, 0.25) is 10.0 Å². The number of nitrogens with one attached hydrogen (secondary N) is 1. The van der Waals surface area contributed by atoms with Crippen LogP contribution in [0.3, 0.4) is 0 Å². The Balaban J connectivity index is 2.49. The summed E-state index contributed by atoms with van der Waals surface area (Å²) in [5, 5.41) is 13.3. The van der Waals surface area contributed by atoms with Crippen LogP contribution < -0.4 is 5.32 Å². The number of carbonyl (C=O) groups excluding carboxylic acids is 1. The molecule has 0 radical (unpaired) electrons. The largest absolute Gasteiger partial charge is 0.393 e. The number of halogens is 2. The first kappa shape index (κ1) is 18.1. The summed E-state index contributed by atoms with van der Waals surface area (Å²) >= 11 is 12.0. The second-order valence-corrected chi connectivity index (χ2v) is 6.19. The van der Waals surface area contributed by atoms with E-state index >= 15 is 0 Å². The van der Waals surface area contributed by atoms with Crippen molar-refractivity contribution < 1.29 is 9.90 Å². The number of rotatable bonds is 6. The van der Waals surface area contributed by atoms with Crippen LogP contribution in [-0.2, 0) is 6.42 Å². The van der Waals surface area contributed by atoms with E-state index in [9.17, 15) is 9.90 Å². The van der Waals surface area contributed by atoms with E-state index in [1.165, 1.54) is 0 Å². The van der Waals surface area contributed by atoms with Crippen LogP contribution >= 0.6 is 23.2 Å². The number of aliphatic hydroxyl groups is 1. The summed E-state index contributed by atoms with van der Waals surface area (Å²) in [6.07, 6.45) is 0.776. The number of benzene rings is 1. The highest BCUT2D eigenvalue weighted by Crippen LogP contribution is 2.22. The zero-order chi connectivity index (χ0) is 16.0. The van der Waals surface area contributed by atoms with Gasteiger partial charge < -0.3 is 15.3 Å². The third-order valence-electron chi connectivity index (χ3n) is 3.14. The van der Waals surface area contributed by atoms with Gasteiger partial charge in [0.1, 0.15) is 0 Å². The summed E-state index contributed by atoms with van der Waals surface area (Å²) in [6, 6.07) is 5.14. The summed E-state index contributed by atoms with van der Waals surface area (Å²) in [5.41, 5.74) is 0.945. The van der Waals surface area contributed by atoms with E-state index in [-0.39, 0.29) is 12.1 Å². The molecule has 2 atom stereocenters. The van der Waals surface area contributed by atoms with E-state index in [4.69, 9.17) is 23.2 Å². The molecule has 0 aliphatic rings. The van der Waals surface area contributed by atoms with Crippen LogP contribution in [0.1, 0.15) is 25.8 Å². The molecule has 0 saturated carbocycles. The van der Waals surface area contributed by atoms with Gasteiger partial charge in [-0.3, -0.25) is 0 Å². The summed E-state index contributed by atoms with van der Waals surface area (Å²) in [5.74, 6) is 0. The first-order valence-corrected chi connectivity index (χ1v) is 7.68. The van der Waals surface area contributed by atoms with Crippen LogP contribution in [0.4, 0.5) is 4.79 Å². The quantitative estimate of drug-likeness (QED) is 0.839. The molecular formula is C15H22Cl2N2O2. The summed E-state index contributed by atoms with van der Waals surface area (Å²) < 4.78 is 0. The smallest absolute Gasteiger partial charge is 0.317 e. The van der Waals surface area contributed by atoms with Crippen molar-refractivity contribution in [3.8, 4) is 0 Å². The van der Waals surface area contributed by atoms with Crippen molar-refractivity contribution in [3.05, 3.63) is 33.8 Å². The molecule has 0 aliphatic carbocycles. The van der Waals surface area contributed by atoms with Crippen LogP contribution in [-0.4, -0.2) is 41.8 Å². The zero-order valence-electron chi connectivity index (χ0n) is 12.6. The fraction of sp³-hybridized carbons (Fsp3) is 0.533. The Labute approximate surface area is 136 Å². The fourth-order valence-electron chi connectivity index (χ4n) is 1.87. The third kappa shape index (κ3) is 6.55. The molecule has 1 aromatic carbocycles. The van der Waals surface area contributed by atoms with Crippen LogP contribution in [0, 0.1) is 0 Å². The molecule has 0 fully saturated rings. The van der Waals surface area contributed by atoms with Crippen molar-refractivity contribution in [2.75, 3.05) is 13.6 Å². The highest BCUT2D eigenvalue weighted by atomic mass is 35.5. The van der Waals surface area contributed by atoms with Gasteiger partial charge in [-0.2, -0.15) is 0 Å². The van der Waals surface area contributed by atoms with E-state index < -0.39 is 6.10 Å². The second-order valence-electron chi connectivity index (χ2n) is 5.35. The molecule has 0 heterocycles. The van der Waals surface area contributed by atoms with E-state index in [0.29, 0.717) is 29.4 Å². The Morgan fingerprint density at radius 3 is 2.62 bits per heavy atom. The predicted octanol–water partition coefficient (Wildman–Crippen LogP) is 3.34. The zero-order valence-corrected chi connectivity index (χ0v) is 14.1. The van der Waals surface area contributed by atoms with E-state index in [1.807, 2.05) is 13.0 Å². The molecule has 0 aromatic heterocycles. The molecule has 0 bridgehead atoms. The molecule has 0 aliphatic heterocycles. The number of amides is 2. The fourth-order valence-corrected chi connectivity index (χ4v) is 2.36. The normalized spacial score (nSPS) is 13.6. The van der Waals surface area contributed by atoms with Gasteiger partial charge in [0.25, 0.3) is 0 Å². The molecule has 2 amide bonds. The molecule has 21 heavy (non-hydrogen) atoms. The predicted molar refractivity (Wildman–Crippen MR) is 87.1 cm³/mol. The number of urea groups is 1. The first-order valence-electron chi connectivity index (χ1n) is 6.93. The van der Waals surface area contributed by atoms with Crippen molar-refractivity contribution in [1.82, 2.24) is 10.2 Å². The second kappa shape index (κ2) is 8.47. The Morgan fingerprint density at radius 1 is 1.38 bits per heavy atom. The molecule has 2 N–H and O–H groups in total. The van der Waals surface area contributed by atoms with Gasteiger partial charge in [0.2, 0.25) is 0 Å². The van der Waals surface area contributed by atoms with E-state index in [1.54, 1.807) is 31.0 Å². The molecule has 0 spiro atoms. The molecule has 4 nitrogen and oxygen atoms in total. The molecular weight excluding hydrogens is 311 g/mol. The van der Waals surface area contributed by atoms with Crippen molar-refractivity contribution in [1.29, 1.82) is 0 Å². The van der Waals surface area contributed by atoms with Crippen molar-refractivity contribution in [2.45, 2.75) is 38.8 Å². The van der Waals surface area contributed by atoms with E-state index in [2.05, 4.69) is 5.32 Å². The molecule has 0 saturated heterocycles. The molecule has 6 heteroatoms. The minimum absolute atomic E-state index is 0.0508. The number of aliphatic hydroxyl groups excluding tert-OH is 1. The van der Waals surface area contributed by atoms with Crippen LogP contribution in [0.5, 0.6) is 0 Å². The Bertz CT molecular complexity index is 481. The van der Waals surface area contributed by atoms with Gasteiger partial charge in [-0.25, -0.2) is 4.79 Å². The lowest BCUT2D eigenvalue weighted by Gasteiger charge is -2.22. The van der Waals surface area contributed by atoms with Gasteiger partial charge in [-0.1, -0.05) is 29.3 Å². The summed E-state index contributed by atoms with van der Waals surface area (Å²) in [7, 11) is 1.71. The number of nitrogens with zero attached hydrogens (tertiary/aromatic N) is 1. The average Bonchev–Trinajstić information content (AvgIpc) is 2.39. The highest BCUT2D eigenvalue weighted by Gasteiger charge is 2.14. The SMILES string of the molecule is CC(O)CCN(C)C(=O)NC(C)Cc1ccc(Cl)cc1Cl. The molecule has 1 aromatic rings. The molecule has 1 rings (SSSR count). The minimum Gasteiger partial charge on any atom is -0.393 e. The van der Waals surface area contributed by atoms with Gasteiger partial charge in [0, 0.05) is 29.7 Å². The minimum atomic E-state index is -0.412. The maximum atomic E-state index is 12.0. The number of hydrogen-bond donors (Lipinski definition) is 2. The summed E-state index contributed by atoms with van der Waals surface area (Å²) in [6.45, 7) is 4.14. The molecule has 118 valence electrons. The maximum absolute atomic E-state index is 12.0. The summed E-state index contributed by atoms with van der Waals surface area (Å²) in [4.78, 5) is 13.5. The Kier molecular flexibility index (Phi) is 7.29. The maximum Gasteiger partial charge on any atom is 0.317 e. The lowest BCUT2D eigenvalue weighted by Crippen LogP contribution is -2.43. The third-order valence-corrected chi connectivity index (χ3v) is 3.73. The van der Waals surface area contributed by atoms with Gasteiger partial charge in [0.15, 0.2) is 0 Å². The Hall–Kier alpha value is -0.970. The average molecular weight is 333 g/mol.